The van der Waals surface area contributed by atoms with Crippen LogP contribution in [0.2, 0.25) is 0 Å². The molecule has 0 bridgehead atoms. The Morgan fingerprint density at radius 1 is 0.667 bits per heavy atom. The molecule has 6 heteroatoms. The number of nitrogens with zero attached hydrogens (tertiary/aromatic N) is 4. The van der Waals surface area contributed by atoms with Crippen molar-refractivity contribution in [3.05, 3.63) is 176 Å². The maximum Gasteiger partial charge on any atom is 0.135 e. The molecule has 0 unspecified atom stereocenters. The van der Waals surface area contributed by atoms with Gasteiger partial charge in [0.2, 0.25) is 0 Å². The van der Waals surface area contributed by atoms with Crippen molar-refractivity contribution in [2.45, 2.75) is 20.8 Å². The summed E-state index contributed by atoms with van der Waals surface area (Å²) in [6.07, 6.45) is 3.99. The van der Waals surface area contributed by atoms with E-state index in [0.717, 1.165) is 34.3 Å². The predicted molar refractivity (Wildman–Crippen MR) is 192 cm³/mol. The molecule has 1 aliphatic rings. The van der Waals surface area contributed by atoms with Crippen LogP contribution in [0.5, 0.6) is 11.5 Å². The fourth-order valence-electron chi connectivity index (χ4n) is 5.60. The van der Waals surface area contributed by atoms with Crippen molar-refractivity contribution in [1.82, 2.24) is 4.98 Å². The molecule has 1 aliphatic heterocycles. The molecule has 242 valence electrons. The fourth-order valence-corrected chi connectivity index (χ4v) is 5.60. The second kappa shape index (κ2) is 14.3. The summed E-state index contributed by atoms with van der Waals surface area (Å²) in [5, 5.41) is 0. The van der Waals surface area contributed by atoms with Gasteiger partial charge in [-0.3, -0.25) is 0 Å². The van der Waals surface area contributed by atoms with E-state index < -0.39 is 0 Å². The molecular formula is C42H35N4OPt-3. The van der Waals surface area contributed by atoms with Crippen LogP contribution in [0.1, 0.15) is 20.8 Å². The minimum absolute atomic E-state index is 0. The van der Waals surface area contributed by atoms with Crippen LogP contribution in [0.4, 0.5) is 28.6 Å². The van der Waals surface area contributed by atoms with Crippen molar-refractivity contribution in [2.75, 3.05) is 14.7 Å². The number of ether oxygens (including phenoxy) is 1. The summed E-state index contributed by atoms with van der Waals surface area (Å²) in [5.41, 5.74) is 7.22. The minimum atomic E-state index is -0.117. The molecule has 0 radical (unpaired) electrons. The third kappa shape index (κ3) is 7.22. The van der Waals surface area contributed by atoms with E-state index in [1.54, 1.807) is 6.20 Å². The Morgan fingerprint density at radius 2 is 1.31 bits per heavy atom. The van der Waals surface area contributed by atoms with Gasteiger partial charge in [-0.15, -0.1) is 48.8 Å². The Balaban J connectivity index is 0.00000401. The molecule has 2 heterocycles. The molecule has 0 saturated carbocycles. The van der Waals surface area contributed by atoms with Gasteiger partial charge in [0.1, 0.15) is 5.82 Å². The normalized spacial score (nSPS) is 12.7. The largest absolute Gasteiger partial charge is 0.509 e. The van der Waals surface area contributed by atoms with Crippen LogP contribution < -0.4 is 19.4 Å². The Labute approximate surface area is 298 Å². The zero-order chi connectivity index (χ0) is 32.2. The van der Waals surface area contributed by atoms with Gasteiger partial charge in [-0.1, -0.05) is 93.2 Å². The Morgan fingerprint density at radius 3 is 2.00 bits per heavy atom. The Kier molecular flexibility index (Phi) is 9.79. The van der Waals surface area contributed by atoms with E-state index in [1.165, 1.54) is 11.1 Å². The molecule has 6 aromatic rings. The Bertz CT molecular complexity index is 1940. The minimum Gasteiger partial charge on any atom is -0.509 e. The summed E-state index contributed by atoms with van der Waals surface area (Å²) in [4.78, 5) is 11.0. The molecule has 1 aromatic heterocycles. The van der Waals surface area contributed by atoms with E-state index in [1.807, 2.05) is 72.8 Å². The maximum atomic E-state index is 6.40. The first kappa shape index (κ1) is 32.8. The van der Waals surface area contributed by atoms with Crippen LogP contribution in [0.15, 0.2) is 158 Å². The number of hydrogen-bond donors (Lipinski definition) is 0. The molecule has 0 saturated heterocycles. The summed E-state index contributed by atoms with van der Waals surface area (Å²) in [6.45, 7) is 8.79. The monoisotopic (exact) mass is 806 g/mol. The van der Waals surface area contributed by atoms with E-state index >= 15 is 0 Å². The van der Waals surface area contributed by atoms with E-state index in [0.29, 0.717) is 11.5 Å². The number of aromatic nitrogens is 1. The van der Waals surface area contributed by atoms with E-state index in [2.05, 4.69) is 132 Å². The molecule has 0 atom stereocenters. The second-order valence-corrected chi connectivity index (χ2v) is 12.3. The number of rotatable bonds is 8. The summed E-state index contributed by atoms with van der Waals surface area (Å²) in [5.74, 6) is 1.99. The van der Waals surface area contributed by atoms with Crippen LogP contribution in [0, 0.1) is 24.2 Å². The molecule has 5 aromatic carbocycles. The summed E-state index contributed by atoms with van der Waals surface area (Å²) in [6, 6.07) is 54.0. The average molecular weight is 807 g/mol. The molecule has 0 N–H and O–H groups in total. The third-order valence-corrected chi connectivity index (χ3v) is 7.92. The molecule has 7 rings (SSSR count). The van der Waals surface area contributed by atoms with Gasteiger partial charge in [-0.05, 0) is 53.7 Å². The van der Waals surface area contributed by atoms with Crippen LogP contribution in [0.3, 0.4) is 0 Å². The molecule has 5 nitrogen and oxygen atoms in total. The third-order valence-electron chi connectivity index (χ3n) is 7.92. The molecule has 0 aliphatic carbocycles. The Hall–Kier alpha value is -5.12. The van der Waals surface area contributed by atoms with Gasteiger partial charge in [-0.25, -0.2) is 4.98 Å². The van der Waals surface area contributed by atoms with E-state index in [4.69, 9.17) is 4.74 Å². The molecule has 48 heavy (non-hydrogen) atoms. The predicted octanol–water partition coefficient (Wildman–Crippen LogP) is 10.9. The first-order valence-electron chi connectivity index (χ1n) is 15.7. The number of allylic oxidation sites excluding steroid dienone is 1. The second-order valence-electron chi connectivity index (χ2n) is 12.3. The number of anilines is 5. The van der Waals surface area contributed by atoms with Crippen LogP contribution >= 0.6 is 0 Å². The molecule has 0 spiro atoms. The number of pyridine rings is 1. The van der Waals surface area contributed by atoms with Gasteiger partial charge >= 0.3 is 0 Å². The van der Waals surface area contributed by atoms with Crippen molar-refractivity contribution in [1.29, 1.82) is 0 Å². The van der Waals surface area contributed by atoms with Crippen LogP contribution in [-0.4, -0.2) is 4.98 Å². The van der Waals surface area contributed by atoms with Gasteiger partial charge in [-0.2, -0.15) is 12.1 Å². The van der Waals surface area contributed by atoms with Gasteiger partial charge < -0.3 is 19.4 Å². The van der Waals surface area contributed by atoms with Gasteiger partial charge in [0, 0.05) is 61.2 Å². The van der Waals surface area contributed by atoms with Crippen LogP contribution in [-0.2, 0) is 21.1 Å². The van der Waals surface area contributed by atoms with Gasteiger partial charge in [0.15, 0.2) is 0 Å². The SMILES string of the molecule is CC(C)(C)C1=CN(c2ccc(-c3ccccc3)cc2)[CH-]N1c1[c-]c(Oc2[c-]c(N(c3ccccc3)c3ccccn3)ccc2)ccc1.[Pt]. The van der Waals surface area contributed by atoms with Crippen molar-refractivity contribution in [3.63, 3.8) is 0 Å². The quantitative estimate of drug-likeness (QED) is 0.143. The number of para-hydroxylation sites is 1. The van der Waals surface area contributed by atoms with Crippen LogP contribution in [0.25, 0.3) is 11.1 Å². The van der Waals surface area contributed by atoms with Gasteiger partial charge in [0.05, 0.1) is 0 Å². The first-order valence-corrected chi connectivity index (χ1v) is 15.7. The summed E-state index contributed by atoms with van der Waals surface area (Å²) in [7, 11) is 0. The first-order chi connectivity index (χ1) is 22.9. The average Bonchev–Trinajstić information content (AvgIpc) is 3.57. The molecule has 0 fully saturated rings. The summed E-state index contributed by atoms with van der Waals surface area (Å²) < 4.78 is 6.40. The number of benzene rings is 5. The van der Waals surface area contributed by atoms with Crippen molar-refractivity contribution in [2.24, 2.45) is 5.41 Å². The van der Waals surface area contributed by atoms with E-state index in [-0.39, 0.29) is 26.5 Å². The van der Waals surface area contributed by atoms with Crippen molar-refractivity contribution < 1.29 is 25.8 Å². The topological polar surface area (TPSA) is 31.8 Å². The summed E-state index contributed by atoms with van der Waals surface area (Å²) >= 11 is 0. The molecular weight excluding hydrogens is 772 g/mol. The van der Waals surface area contributed by atoms with Crippen molar-refractivity contribution in [3.8, 4) is 22.6 Å². The zero-order valence-electron chi connectivity index (χ0n) is 27.0. The van der Waals surface area contributed by atoms with E-state index in [9.17, 15) is 0 Å². The molecule has 0 amide bonds. The zero-order valence-corrected chi connectivity index (χ0v) is 29.3. The van der Waals surface area contributed by atoms with Gasteiger partial charge in [0.25, 0.3) is 0 Å². The van der Waals surface area contributed by atoms with Crippen molar-refractivity contribution >= 4 is 28.6 Å². The fraction of sp³-hybridized carbons (Fsp3) is 0.0952. The maximum absolute atomic E-state index is 6.40. The smallest absolute Gasteiger partial charge is 0.135 e. The number of hydrogen-bond acceptors (Lipinski definition) is 5. The standard InChI is InChI=1S/C42H35N4O.Pt/c1-42(2,3)40-30-44(34-25-23-33(24-26-34)32-14-6-4-7-15-32)31-45(40)36-18-12-20-38(28-36)47-39-21-13-19-37(29-39)46(35-16-8-5-9-17-35)41-22-10-11-27-43-41;/h4-27,30-31H,1-3H3;/q-3;.